The smallest absolute Gasteiger partial charge is 0.412 e. The number of aromatic amines is 1. The van der Waals surface area contributed by atoms with Crippen molar-refractivity contribution in [1.29, 1.82) is 0 Å². The zero-order valence-corrected chi connectivity index (χ0v) is 29.6. The monoisotopic (exact) mass is 717 g/mol. The first-order valence-corrected chi connectivity index (χ1v) is 18.2. The Morgan fingerprint density at radius 3 is 2.36 bits per heavy atom. The molecule has 0 saturated heterocycles. The molecule has 1 saturated carbocycles. The summed E-state index contributed by atoms with van der Waals surface area (Å²) in [6.07, 6.45) is 3.78. The van der Waals surface area contributed by atoms with Gasteiger partial charge < -0.3 is 36.7 Å². The number of pyridine rings is 1. The highest BCUT2D eigenvalue weighted by Gasteiger charge is 2.30. The molecule has 5 aromatic rings. The van der Waals surface area contributed by atoms with E-state index in [1.807, 2.05) is 66.7 Å². The molecule has 1 aliphatic rings. The van der Waals surface area contributed by atoms with E-state index in [0.717, 1.165) is 60.8 Å². The number of hydrogen-bond donors (Lipinski definition) is 7. The SMILES string of the molecule is NC1CCC(N(C(=O)O)c2cc(CCCCC(=O)Nc3ccc(CNC[C@H](O)c4ccc(O)c5[nH]c(=O)ccc45)cc3)ccc2-c2ccccc2)CC1. The predicted octanol–water partition coefficient (Wildman–Crippen LogP) is 6.83. The highest BCUT2D eigenvalue weighted by atomic mass is 16.4. The molecule has 1 aromatic heterocycles. The van der Waals surface area contributed by atoms with Gasteiger partial charge in [-0.25, -0.2) is 4.79 Å². The van der Waals surface area contributed by atoms with E-state index in [1.54, 1.807) is 17.0 Å². The number of aromatic nitrogens is 1. The van der Waals surface area contributed by atoms with Gasteiger partial charge >= 0.3 is 6.09 Å². The van der Waals surface area contributed by atoms with E-state index in [4.69, 9.17) is 5.73 Å². The summed E-state index contributed by atoms with van der Waals surface area (Å²) < 4.78 is 0. The number of anilines is 2. The van der Waals surface area contributed by atoms with Gasteiger partial charge in [-0.3, -0.25) is 14.5 Å². The fourth-order valence-electron chi connectivity index (χ4n) is 7.17. The van der Waals surface area contributed by atoms with Crippen LogP contribution in [-0.2, 0) is 17.8 Å². The molecule has 0 bridgehead atoms. The lowest BCUT2D eigenvalue weighted by Crippen LogP contribution is -2.44. The number of nitrogens with one attached hydrogen (secondary N) is 3. The van der Waals surface area contributed by atoms with E-state index in [2.05, 4.69) is 21.7 Å². The van der Waals surface area contributed by atoms with Crippen LogP contribution in [0.2, 0.25) is 0 Å². The maximum Gasteiger partial charge on any atom is 0.412 e. The number of nitrogens with zero attached hydrogens (tertiary/aromatic N) is 1. The van der Waals surface area contributed by atoms with Crippen molar-refractivity contribution in [2.24, 2.45) is 5.73 Å². The number of hydrogen-bond acceptors (Lipinski definition) is 7. The average molecular weight is 718 g/mol. The predicted molar refractivity (Wildman–Crippen MR) is 208 cm³/mol. The Morgan fingerprint density at radius 1 is 0.887 bits per heavy atom. The van der Waals surface area contributed by atoms with Crippen LogP contribution in [0.25, 0.3) is 22.0 Å². The summed E-state index contributed by atoms with van der Waals surface area (Å²) in [4.78, 5) is 41.3. The van der Waals surface area contributed by atoms with Crippen molar-refractivity contribution >= 4 is 34.3 Å². The van der Waals surface area contributed by atoms with E-state index in [-0.39, 0.29) is 35.8 Å². The Bertz CT molecular complexity index is 2080. The van der Waals surface area contributed by atoms with Gasteiger partial charge in [-0.15, -0.1) is 0 Å². The van der Waals surface area contributed by atoms with Gasteiger partial charge in [0, 0.05) is 54.3 Å². The molecule has 11 heteroatoms. The van der Waals surface area contributed by atoms with Gasteiger partial charge in [0.05, 0.1) is 17.3 Å². The van der Waals surface area contributed by atoms with Crippen molar-refractivity contribution in [1.82, 2.24) is 10.3 Å². The van der Waals surface area contributed by atoms with Gasteiger partial charge in [-0.1, -0.05) is 60.7 Å². The number of carboxylic acid groups (broad SMARTS) is 1. The second kappa shape index (κ2) is 17.4. The van der Waals surface area contributed by atoms with Crippen molar-refractivity contribution in [3.63, 3.8) is 0 Å². The Labute approximate surface area is 308 Å². The zero-order valence-electron chi connectivity index (χ0n) is 29.6. The number of rotatable bonds is 14. The van der Waals surface area contributed by atoms with Crippen LogP contribution < -0.4 is 26.8 Å². The number of benzene rings is 4. The second-order valence-electron chi connectivity index (χ2n) is 13.8. The van der Waals surface area contributed by atoms with Crippen molar-refractivity contribution < 1.29 is 24.9 Å². The van der Waals surface area contributed by atoms with E-state index in [1.165, 1.54) is 12.1 Å². The summed E-state index contributed by atoms with van der Waals surface area (Å²) in [6.45, 7) is 0.745. The van der Waals surface area contributed by atoms with Crippen LogP contribution in [0.5, 0.6) is 5.75 Å². The van der Waals surface area contributed by atoms with E-state index >= 15 is 0 Å². The number of phenolic OH excluding ortho intramolecular Hbond substituents is 1. The third kappa shape index (κ3) is 9.50. The normalized spacial score (nSPS) is 16.3. The number of fused-ring (bicyclic) bond motifs is 1. The molecule has 0 aliphatic heterocycles. The number of carbonyl (C=O) groups is 2. The minimum atomic E-state index is -0.959. The number of H-pyrrole nitrogens is 1. The molecule has 11 nitrogen and oxygen atoms in total. The number of aromatic hydroxyl groups is 1. The summed E-state index contributed by atoms with van der Waals surface area (Å²) in [5.74, 6) is -0.131. The Morgan fingerprint density at radius 2 is 1.62 bits per heavy atom. The van der Waals surface area contributed by atoms with Crippen LogP contribution in [0, 0.1) is 0 Å². The summed E-state index contributed by atoms with van der Waals surface area (Å²) in [6, 6.07) is 29.5. The molecule has 0 unspecified atom stereocenters. The summed E-state index contributed by atoms with van der Waals surface area (Å²) in [7, 11) is 0. The number of aliphatic hydroxyl groups excluding tert-OH is 1. The van der Waals surface area contributed by atoms with Crippen LogP contribution in [0.4, 0.5) is 16.2 Å². The molecule has 1 heterocycles. The van der Waals surface area contributed by atoms with Crippen molar-refractivity contribution in [2.75, 3.05) is 16.8 Å². The number of carbonyl (C=O) groups excluding carboxylic acids is 1. The molecule has 1 fully saturated rings. The molecule has 0 radical (unpaired) electrons. The second-order valence-corrected chi connectivity index (χ2v) is 13.8. The zero-order chi connectivity index (χ0) is 37.3. The Balaban J connectivity index is 0.987. The Kier molecular flexibility index (Phi) is 12.2. The van der Waals surface area contributed by atoms with Gasteiger partial charge in [0.25, 0.3) is 0 Å². The van der Waals surface area contributed by atoms with Gasteiger partial charge in [0.1, 0.15) is 5.75 Å². The van der Waals surface area contributed by atoms with Crippen LogP contribution in [0.1, 0.15) is 67.7 Å². The fourth-order valence-corrected chi connectivity index (χ4v) is 7.17. The third-order valence-electron chi connectivity index (χ3n) is 10.0. The van der Waals surface area contributed by atoms with E-state index in [9.17, 15) is 29.7 Å². The molecule has 276 valence electrons. The van der Waals surface area contributed by atoms with Crippen molar-refractivity contribution in [2.45, 2.75) is 76.1 Å². The highest BCUT2D eigenvalue weighted by molar-refractivity contribution is 5.94. The molecule has 0 spiro atoms. The highest BCUT2D eigenvalue weighted by Crippen LogP contribution is 2.36. The Hall–Kier alpha value is -5.49. The maximum absolute atomic E-state index is 12.8. The largest absolute Gasteiger partial charge is 0.506 e. The minimum absolute atomic E-state index is 0.0558. The van der Waals surface area contributed by atoms with E-state index in [0.29, 0.717) is 47.2 Å². The van der Waals surface area contributed by atoms with Crippen molar-refractivity contribution in [3.8, 4) is 16.9 Å². The number of phenols is 1. The molecule has 8 N–H and O–H groups in total. The molecule has 4 aromatic carbocycles. The number of unbranched alkanes of at least 4 members (excludes halogenated alkanes) is 1. The van der Waals surface area contributed by atoms with E-state index < -0.39 is 12.2 Å². The van der Waals surface area contributed by atoms with Crippen molar-refractivity contribution in [3.05, 3.63) is 124 Å². The topological polar surface area (TPSA) is 181 Å². The fraction of sp³-hybridized carbons (Fsp3) is 0.310. The molecule has 53 heavy (non-hydrogen) atoms. The first-order valence-electron chi connectivity index (χ1n) is 18.2. The number of aliphatic hydroxyl groups is 1. The first-order chi connectivity index (χ1) is 25.7. The minimum Gasteiger partial charge on any atom is -0.506 e. The number of nitrogens with two attached hydrogens (primary N) is 1. The van der Waals surface area contributed by atoms with Crippen LogP contribution >= 0.6 is 0 Å². The average Bonchev–Trinajstić information content (AvgIpc) is 3.15. The molecule has 1 atom stereocenters. The quantitative estimate of drug-likeness (QED) is 0.0611. The van der Waals surface area contributed by atoms with Gasteiger partial charge in [-0.2, -0.15) is 0 Å². The first kappa shape index (κ1) is 37.3. The molecular formula is C42H47N5O6. The van der Waals surface area contributed by atoms with Gasteiger partial charge in [-0.05, 0) is 97.5 Å². The summed E-state index contributed by atoms with van der Waals surface area (Å²) >= 11 is 0. The van der Waals surface area contributed by atoms with Crippen LogP contribution in [0.15, 0.2) is 102 Å². The molecule has 2 amide bonds. The molecule has 6 rings (SSSR count). The van der Waals surface area contributed by atoms with Gasteiger partial charge in [0.15, 0.2) is 0 Å². The number of amides is 2. The lowest BCUT2D eigenvalue weighted by Gasteiger charge is -2.35. The lowest BCUT2D eigenvalue weighted by molar-refractivity contribution is -0.116. The maximum atomic E-state index is 12.8. The standard InChI is InChI=1S/C42H47N5O6/c43-30-13-17-32(18-14-30)47(42(52)53)36-24-27(12-19-33(36)29-7-2-1-3-8-29)6-4-5-9-39(50)45-31-15-10-28(11-16-31)25-44-26-38(49)34-20-22-37(48)41-35(34)21-23-40(51)46-41/h1-3,7-8,10-12,15-16,19-24,30,32,38,44,48-49H,4-6,9,13-14,17-18,25-26,43H2,(H,45,50)(H,46,51)(H,52,53)/t30?,32?,38-/m0/s1. The lowest BCUT2D eigenvalue weighted by atomic mass is 9.89. The van der Waals surface area contributed by atoms with Gasteiger partial charge in [0.2, 0.25) is 11.5 Å². The third-order valence-corrected chi connectivity index (χ3v) is 10.0. The summed E-state index contributed by atoms with van der Waals surface area (Å²) in [5, 5.41) is 38.1. The molecular weight excluding hydrogens is 670 g/mol. The van der Waals surface area contributed by atoms with Crippen LogP contribution in [0.3, 0.4) is 0 Å². The molecule has 1 aliphatic carbocycles. The summed E-state index contributed by atoms with van der Waals surface area (Å²) in [5.41, 5.74) is 11.9. The number of aryl methyl sites for hydroxylation is 1. The van der Waals surface area contributed by atoms with Crippen LogP contribution in [-0.4, -0.2) is 50.9 Å².